The molecule has 0 aliphatic carbocycles. The second kappa shape index (κ2) is 6.08. The van der Waals surface area contributed by atoms with Crippen LogP contribution in [0.4, 0.5) is 4.39 Å². The molecule has 0 radical (unpaired) electrons. The molecule has 4 heteroatoms. The molecule has 1 aliphatic rings. The van der Waals surface area contributed by atoms with Gasteiger partial charge in [0.2, 0.25) is 0 Å². The van der Waals surface area contributed by atoms with E-state index in [1.807, 2.05) is 24.3 Å². The van der Waals surface area contributed by atoms with Gasteiger partial charge in [0.05, 0.1) is 10.4 Å². The molecule has 2 aromatic rings. The van der Waals surface area contributed by atoms with Gasteiger partial charge in [-0.15, -0.1) is 0 Å². The third-order valence-electron chi connectivity index (χ3n) is 3.88. The molecular formula is C17H15BrFNO. The molecule has 0 fully saturated rings. The first-order valence-corrected chi connectivity index (χ1v) is 7.70. The number of hydrogen-bond donors (Lipinski definition) is 1. The Morgan fingerprint density at radius 1 is 1.24 bits per heavy atom. The predicted molar refractivity (Wildman–Crippen MR) is 83.7 cm³/mol. The van der Waals surface area contributed by atoms with Crippen LogP contribution in [0.3, 0.4) is 0 Å². The first-order valence-electron chi connectivity index (χ1n) is 6.91. The molecule has 1 atom stereocenters. The second-order valence-electron chi connectivity index (χ2n) is 5.24. The second-order valence-corrected chi connectivity index (χ2v) is 6.03. The molecule has 108 valence electrons. The number of carbonyl (C=O) groups excluding carboxylic acids is 1. The molecule has 3 rings (SSSR count). The first kappa shape index (κ1) is 14.4. The lowest BCUT2D eigenvalue weighted by Gasteiger charge is -2.25. The van der Waals surface area contributed by atoms with Gasteiger partial charge >= 0.3 is 0 Å². The molecule has 1 N–H and O–H groups in total. The van der Waals surface area contributed by atoms with E-state index >= 15 is 0 Å². The summed E-state index contributed by atoms with van der Waals surface area (Å²) in [4.78, 5) is 12.6. The van der Waals surface area contributed by atoms with Crippen molar-refractivity contribution in [1.29, 1.82) is 0 Å². The van der Waals surface area contributed by atoms with Crippen LogP contribution in [0.5, 0.6) is 0 Å². The minimum Gasteiger partial charge on any atom is -0.312 e. The van der Waals surface area contributed by atoms with Crippen LogP contribution < -0.4 is 5.32 Å². The number of halogens is 2. The fourth-order valence-corrected chi connectivity index (χ4v) is 3.18. The van der Waals surface area contributed by atoms with Crippen molar-refractivity contribution in [3.63, 3.8) is 0 Å². The van der Waals surface area contributed by atoms with Gasteiger partial charge in [-0.3, -0.25) is 4.79 Å². The van der Waals surface area contributed by atoms with E-state index in [0.29, 0.717) is 16.6 Å². The van der Waals surface area contributed by atoms with Crippen molar-refractivity contribution >= 4 is 21.7 Å². The summed E-state index contributed by atoms with van der Waals surface area (Å²) in [5, 5.41) is 3.28. The molecule has 0 bridgehead atoms. The Bertz CT molecular complexity index is 686. The van der Waals surface area contributed by atoms with Gasteiger partial charge in [-0.1, -0.05) is 36.4 Å². The van der Waals surface area contributed by atoms with Crippen LogP contribution in [0.25, 0.3) is 0 Å². The van der Waals surface area contributed by atoms with Gasteiger partial charge in [0, 0.05) is 19.5 Å². The van der Waals surface area contributed by atoms with Crippen LogP contribution in [-0.2, 0) is 17.8 Å². The van der Waals surface area contributed by atoms with Crippen LogP contribution >= 0.6 is 15.9 Å². The minimum atomic E-state index is -0.331. The highest BCUT2D eigenvalue weighted by molar-refractivity contribution is 9.10. The summed E-state index contributed by atoms with van der Waals surface area (Å²) in [6.07, 6.45) is 0.235. The zero-order chi connectivity index (χ0) is 14.8. The van der Waals surface area contributed by atoms with E-state index in [0.717, 1.165) is 12.1 Å². The highest BCUT2D eigenvalue weighted by Crippen LogP contribution is 2.28. The molecule has 0 amide bonds. The van der Waals surface area contributed by atoms with E-state index < -0.39 is 0 Å². The Balaban J connectivity index is 1.85. The predicted octanol–water partition coefficient (Wildman–Crippen LogP) is 3.59. The Labute approximate surface area is 131 Å². The molecule has 2 nitrogen and oxygen atoms in total. The first-order chi connectivity index (χ1) is 10.2. The molecule has 0 saturated heterocycles. The van der Waals surface area contributed by atoms with E-state index in [2.05, 4.69) is 21.2 Å². The molecule has 0 spiro atoms. The minimum absolute atomic E-state index is 0.112. The van der Waals surface area contributed by atoms with Crippen LogP contribution in [0.15, 0.2) is 46.9 Å². The molecule has 0 aromatic heterocycles. The summed E-state index contributed by atoms with van der Waals surface area (Å²) in [7, 11) is 0. The molecule has 0 saturated carbocycles. The van der Waals surface area contributed by atoms with Gasteiger partial charge in [-0.25, -0.2) is 4.39 Å². The Morgan fingerprint density at radius 2 is 2.05 bits per heavy atom. The number of fused-ring (bicyclic) bond motifs is 1. The monoisotopic (exact) mass is 347 g/mol. The SMILES string of the molecule is O=C(Cc1cccc(F)c1Br)C1CNCc2ccccc21. The zero-order valence-corrected chi connectivity index (χ0v) is 13.0. The fourth-order valence-electron chi connectivity index (χ4n) is 2.78. The van der Waals surface area contributed by atoms with E-state index in [4.69, 9.17) is 0 Å². The van der Waals surface area contributed by atoms with E-state index in [1.54, 1.807) is 12.1 Å². The van der Waals surface area contributed by atoms with Gasteiger partial charge < -0.3 is 5.32 Å². The fraction of sp³-hybridized carbons (Fsp3) is 0.235. The third kappa shape index (κ3) is 2.92. The maximum Gasteiger partial charge on any atom is 0.146 e. The number of nitrogens with one attached hydrogen (secondary N) is 1. The van der Waals surface area contributed by atoms with Crippen LogP contribution in [0, 0.1) is 5.82 Å². The van der Waals surface area contributed by atoms with E-state index in [1.165, 1.54) is 11.6 Å². The maximum atomic E-state index is 13.5. The van der Waals surface area contributed by atoms with Gasteiger partial charge in [0.1, 0.15) is 11.6 Å². The summed E-state index contributed by atoms with van der Waals surface area (Å²) in [5.74, 6) is -0.381. The normalized spacial score (nSPS) is 17.3. The quantitative estimate of drug-likeness (QED) is 0.919. The molecule has 21 heavy (non-hydrogen) atoms. The van der Waals surface area contributed by atoms with Gasteiger partial charge in [-0.05, 0) is 38.7 Å². The third-order valence-corrected chi connectivity index (χ3v) is 4.77. The summed E-state index contributed by atoms with van der Waals surface area (Å²) in [5.41, 5.74) is 2.96. The van der Waals surface area contributed by atoms with Gasteiger partial charge in [0.25, 0.3) is 0 Å². The topological polar surface area (TPSA) is 29.1 Å². The highest BCUT2D eigenvalue weighted by atomic mass is 79.9. The van der Waals surface area contributed by atoms with Crippen molar-refractivity contribution in [3.05, 3.63) is 69.4 Å². The number of carbonyl (C=O) groups is 1. The highest BCUT2D eigenvalue weighted by Gasteiger charge is 2.26. The molecule has 2 aromatic carbocycles. The Morgan fingerprint density at radius 3 is 2.90 bits per heavy atom. The van der Waals surface area contributed by atoms with E-state index in [9.17, 15) is 9.18 Å². The lowest BCUT2D eigenvalue weighted by Crippen LogP contribution is -2.33. The number of rotatable bonds is 3. The molecule has 1 unspecified atom stereocenters. The van der Waals surface area contributed by atoms with Crippen LogP contribution in [-0.4, -0.2) is 12.3 Å². The number of benzene rings is 2. The van der Waals surface area contributed by atoms with Gasteiger partial charge in [0.15, 0.2) is 0 Å². The standard InChI is InChI=1S/C17H15BrFNO/c18-17-11(5-3-7-15(17)19)8-16(21)14-10-20-9-12-4-1-2-6-13(12)14/h1-7,14,20H,8-10H2. The summed E-state index contributed by atoms with van der Waals surface area (Å²) in [6.45, 7) is 1.44. The van der Waals surface area contributed by atoms with Crippen molar-refractivity contribution in [1.82, 2.24) is 5.32 Å². The van der Waals surface area contributed by atoms with Gasteiger partial charge in [-0.2, -0.15) is 0 Å². The number of ketones is 1. The van der Waals surface area contributed by atoms with Crippen molar-refractivity contribution in [2.24, 2.45) is 0 Å². The lowest BCUT2D eigenvalue weighted by molar-refractivity contribution is -0.119. The average molecular weight is 348 g/mol. The zero-order valence-electron chi connectivity index (χ0n) is 11.4. The Kier molecular flexibility index (Phi) is 4.17. The molecule has 1 heterocycles. The summed E-state index contributed by atoms with van der Waals surface area (Å²) in [6, 6.07) is 12.8. The summed E-state index contributed by atoms with van der Waals surface area (Å²) >= 11 is 3.22. The van der Waals surface area contributed by atoms with Crippen molar-refractivity contribution in [3.8, 4) is 0 Å². The molecular weight excluding hydrogens is 333 g/mol. The van der Waals surface area contributed by atoms with Crippen molar-refractivity contribution in [2.45, 2.75) is 18.9 Å². The largest absolute Gasteiger partial charge is 0.312 e. The Hall–Kier alpha value is -1.52. The van der Waals surface area contributed by atoms with E-state index in [-0.39, 0.29) is 23.9 Å². The van der Waals surface area contributed by atoms with Crippen LogP contribution in [0.2, 0.25) is 0 Å². The van der Waals surface area contributed by atoms with Crippen LogP contribution in [0.1, 0.15) is 22.6 Å². The van der Waals surface area contributed by atoms with Crippen molar-refractivity contribution < 1.29 is 9.18 Å². The average Bonchev–Trinajstić information content (AvgIpc) is 2.51. The lowest BCUT2D eigenvalue weighted by atomic mass is 9.85. The number of Topliss-reactive ketones (excluding diaryl/α,β-unsaturated/α-hetero) is 1. The van der Waals surface area contributed by atoms with Crippen molar-refractivity contribution in [2.75, 3.05) is 6.54 Å². The molecule has 1 aliphatic heterocycles. The smallest absolute Gasteiger partial charge is 0.146 e. The summed E-state index contributed by atoms with van der Waals surface area (Å²) < 4.78 is 13.9. The maximum absolute atomic E-state index is 13.5. The number of hydrogen-bond acceptors (Lipinski definition) is 2.